The Morgan fingerprint density at radius 3 is 2.95 bits per heavy atom. The Morgan fingerprint density at radius 1 is 1.38 bits per heavy atom. The predicted octanol–water partition coefficient (Wildman–Crippen LogP) is 4.84. The maximum Gasteiger partial charge on any atom is 0.103 e. The zero-order chi connectivity index (χ0) is 14.7. The minimum Gasteiger partial charge on any atom is -0.319 e. The smallest absolute Gasteiger partial charge is 0.103 e. The highest BCUT2D eigenvalue weighted by Gasteiger charge is 2.24. The quantitative estimate of drug-likeness (QED) is 0.748. The summed E-state index contributed by atoms with van der Waals surface area (Å²) < 4.78 is 1.13. The van der Waals surface area contributed by atoms with E-state index in [9.17, 15) is 0 Å². The van der Waals surface area contributed by atoms with E-state index >= 15 is 0 Å². The van der Waals surface area contributed by atoms with Crippen molar-refractivity contribution < 1.29 is 0 Å². The molecule has 2 nitrogen and oxygen atoms in total. The fraction of sp³-hybridized carbons (Fsp3) is 0.438. The highest BCUT2D eigenvalue weighted by molar-refractivity contribution is 9.10. The van der Waals surface area contributed by atoms with E-state index in [1.165, 1.54) is 39.7 Å². The molecule has 1 heterocycles. The molecule has 0 aliphatic heterocycles. The molecule has 0 radical (unpaired) electrons. The predicted molar refractivity (Wildman–Crippen MR) is 95.4 cm³/mol. The monoisotopic (exact) mass is 382 g/mol. The first-order valence-electron chi connectivity index (χ1n) is 7.27. The molecule has 1 aromatic carbocycles. The molecule has 1 aromatic heterocycles. The molecule has 3 rings (SSSR count). The Hall–Kier alpha value is -0.360. The summed E-state index contributed by atoms with van der Waals surface area (Å²) >= 11 is 7.27. The van der Waals surface area contributed by atoms with Crippen LogP contribution in [-0.4, -0.2) is 18.6 Å². The molecule has 1 aliphatic rings. The topological polar surface area (TPSA) is 24.9 Å². The van der Waals surface area contributed by atoms with Gasteiger partial charge in [0.15, 0.2) is 0 Å². The molecule has 0 bridgehead atoms. The Kier molecular flexibility index (Phi) is 5.38. The van der Waals surface area contributed by atoms with Crippen LogP contribution in [0.3, 0.4) is 0 Å². The number of fused-ring (bicyclic) bond motifs is 1. The minimum atomic E-state index is 0.612. The molecule has 0 spiro atoms. The first-order chi connectivity index (χ1) is 10.3. The van der Waals surface area contributed by atoms with Crippen molar-refractivity contribution in [3.05, 3.63) is 44.3 Å². The highest BCUT2D eigenvalue weighted by Crippen LogP contribution is 2.36. The van der Waals surface area contributed by atoms with Gasteiger partial charge in [0.25, 0.3) is 0 Å². The minimum absolute atomic E-state index is 0.612. The Balaban J connectivity index is 1.68. The van der Waals surface area contributed by atoms with Crippen LogP contribution in [0.25, 0.3) is 0 Å². The van der Waals surface area contributed by atoms with Crippen molar-refractivity contribution in [3.8, 4) is 0 Å². The van der Waals surface area contributed by atoms with Gasteiger partial charge in [-0.2, -0.15) is 0 Å². The fourth-order valence-electron chi connectivity index (χ4n) is 2.74. The molecule has 2 aromatic rings. The summed E-state index contributed by atoms with van der Waals surface area (Å²) in [7, 11) is 2.03. The van der Waals surface area contributed by atoms with Gasteiger partial charge in [0.1, 0.15) is 5.01 Å². The van der Waals surface area contributed by atoms with Crippen molar-refractivity contribution in [1.82, 2.24) is 10.3 Å². The number of nitrogens with zero attached hydrogens (tertiary/aromatic N) is 1. The number of aryl methyl sites for hydroxylation is 1. The van der Waals surface area contributed by atoms with E-state index in [1.807, 2.05) is 30.1 Å². The number of likely N-dealkylation sites (N-methyl/N-ethyl adjacent to an activating group) is 1. The molecule has 0 fully saturated rings. The third-order valence-electron chi connectivity index (χ3n) is 3.74. The molecule has 1 aliphatic carbocycles. The lowest BCUT2D eigenvalue weighted by Gasteiger charge is -2.20. The number of hydrogen-bond donors (Lipinski definition) is 1. The van der Waals surface area contributed by atoms with E-state index in [4.69, 9.17) is 4.98 Å². The first kappa shape index (κ1) is 15.5. The molecule has 1 N–H and O–H groups in total. The van der Waals surface area contributed by atoms with E-state index in [0.29, 0.717) is 5.92 Å². The summed E-state index contributed by atoms with van der Waals surface area (Å²) in [5.41, 5.74) is 1.37. The number of benzene rings is 1. The third-order valence-corrected chi connectivity index (χ3v) is 6.61. The summed E-state index contributed by atoms with van der Waals surface area (Å²) in [4.78, 5) is 7.76. The SMILES string of the molecule is CNCC1CCCc2sc(CSc3ccc(Br)cc3)nc21. The summed E-state index contributed by atoms with van der Waals surface area (Å²) in [6.45, 7) is 1.05. The lowest BCUT2D eigenvalue weighted by Crippen LogP contribution is -2.21. The summed E-state index contributed by atoms with van der Waals surface area (Å²) in [6, 6.07) is 8.51. The zero-order valence-electron chi connectivity index (χ0n) is 12.1. The van der Waals surface area contributed by atoms with E-state index in [1.54, 1.807) is 0 Å². The largest absolute Gasteiger partial charge is 0.319 e. The molecule has 1 unspecified atom stereocenters. The summed E-state index contributed by atoms with van der Waals surface area (Å²) in [6.07, 6.45) is 3.80. The Morgan fingerprint density at radius 2 is 2.19 bits per heavy atom. The lowest BCUT2D eigenvalue weighted by atomic mass is 9.91. The van der Waals surface area contributed by atoms with Crippen LogP contribution in [0.2, 0.25) is 0 Å². The van der Waals surface area contributed by atoms with E-state index in [2.05, 4.69) is 45.5 Å². The molecule has 1 atom stereocenters. The van der Waals surface area contributed by atoms with Gasteiger partial charge in [-0.1, -0.05) is 15.9 Å². The molecule has 0 saturated heterocycles. The lowest BCUT2D eigenvalue weighted by molar-refractivity contribution is 0.522. The van der Waals surface area contributed by atoms with E-state index in [-0.39, 0.29) is 0 Å². The van der Waals surface area contributed by atoms with Gasteiger partial charge < -0.3 is 5.32 Å². The average molecular weight is 383 g/mol. The van der Waals surface area contributed by atoms with Crippen molar-refractivity contribution in [2.24, 2.45) is 0 Å². The average Bonchev–Trinajstić information content (AvgIpc) is 2.91. The standard InChI is InChI=1S/C16H19BrN2S2/c1-18-9-11-3-2-4-14-16(11)19-15(21-14)10-20-13-7-5-12(17)6-8-13/h5-8,11,18H,2-4,9-10H2,1H3. The fourth-order valence-corrected chi connectivity index (χ4v) is 5.09. The van der Waals surface area contributed by atoms with Gasteiger partial charge in [0, 0.05) is 26.7 Å². The van der Waals surface area contributed by atoms with Gasteiger partial charge in [-0.15, -0.1) is 23.1 Å². The number of hydrogen-bond acceptors (Lipinski definition) is 4. The maximum absolute atomic E-state index is 4.93. The molecule has 5 heteroatoms. The van der Waals surface area contributed by atoms with Crippen LogP contribution in [0, 0.1) is 0 Å². The van der Waals surface area contributed by atoms with Crippen LogP contribution in [0.15, 0.2) is 33.6 Å². The van der Waals surface area contributed by atoms with Gasteiger partial charge in [-0.3, -0.25) is 0 Å². The van der Waals surface area contributed by atoms with Gasteiger partial charge >= 0.3 is 0 Å². The Bertz CT molecular complexity index is 595. The molecular weight excluding hydrogens is 364 g/mol. The van der Waals surface area contributed by atoms with Crippen molar-refractivity contribution in [2.45, 2.75) is 35.8 Å². The van der Waals surface area contributed by atoms with Crippen molar-refractivity contribution in [2.75, 3.05) is 13.6 Å². The summed E-state index contributed by atoms with van der Waals surface area (Å²) in [5.74, 6) is 1.59. The van der Waals surface area contributed by atoms with Gasteiger partial charge in [-0.25, -0.2) is 4.98 Å². The molecular formula is C16H19BrN2S2. The van der Waals surface area contributed by atoms with Crippen LogP contribution >= 0.6 is 39.0 Å². The van der Waals surface area contributed by atoms with Gasteiger partial charge in [0.2, 0.25) is 0 Å². The second kappa shape index (κ2) is 7.27. The second-order valence-corrected chi connectivity index (χ2v) is 8.44. The van der Waals surface area contributed by atoms with Gasteiger partial charge in [0.05, 0.1) is 11.4 Å². The van der Waals surface area contributed by atoms with Crippen LogP contribution in [0.4, 0.5) is 0 Å². The second-order valence-electron chi connectivity index (χ2n) is 5.31. The highest BCUT2D eigenvalue weighted by atomic mass is 79.9. The van der Waals surface area contributed by atoms with Crippen molar-refractivity contribution >= 4 is 39.0 Å². The van der Waals surface area contributed by atoms with E-state index in [0.717, 1.165) is 16.8 Å². The van der Waals surface area contributed by atoms with Gasteiger partial charge in [-0.05, 0) is 50.6 Å². The number of thioether (sulfide) groups is 1. The van der Waals surface area contributed by atoms with Crippen LogP contribution in [0.1, 0.15) is 34.3 Å². The number of thiazole rings is 1. The normalized spacial score (nSPS) is 17.7. The molecule has 0 amide bonds. The van der Waals surface area contributed by atoms with Crippen molar-refractivity contribution in [1.29, 1.82) is 0 Å². The van der Waals surface area contributed by atoms with Crippen molar-refractivity contribution in [3.63, 3.8) is 0 Å². The molecule has 0 saturated carbocycles. The first-order valence-corrected chi connectivity index (χ1v) is 9.87. The number of rotatable bonds is 5. The van der Waals surface area contributed by atoms with Crippen LogP contribution in [0.5, 0.6) is 0 Å². The third kappa shape index (κ3) is 3.89. The Labute approximate surface area is 142 Å². The van der Waals surface area contributed by atoms with E-state index < -0.39 is 0 Å². The zero-order valence-corrected chi connectivity index (χ0v) is 15.3. The number of halogens is 1. The number of nitrogens with one attached hydrogen (secondary N) is 1. The van der Waals surface area contributed by atoms with Crippen LogP contribution in [-0.2, 0) is 12.2 Å². The maximum atomic E-state index is 4.93. The van der Waals surface area contributed by atoms with Crippen LogP contribution < -0.4 is 5.32 Å². The summed E-state index contributed by atoms with van der Waals surface area (Å²) in [5, 5.41) is 4.58. The molecule has 112 valence electrons. The number of aromatic nitrogens is 1. The molecule has 21 heavy (non-hydrogen) atoms.